The zero-order chi connectivity index (χ0) is 31.9. The lowest BCUT2D eigenvalue weighted by Gasteiger charge is -2.17. The number of hydrogen-bond donors (Lipinski definition) is 4. The maximum Gasteiger partial charge on any atom is 0.224 e. The highest BCUT2D eigenvalue weighted by Crippen LogP contribution is 2.33. The predicted molar refractivity (Wildman–Crippen MR) is 172 cm³/mol. The van der Waals surface area contributed by atoms with Crippen LogP contribution in [-0.4, -0.2) is 50.7 Å². The Balaban J connectivity index is 1.34. The molecule has 0 fully saturated rings. The number of rotatable bonds is 8. The number of imidazole rings is 1. The maximum absolute atomic E-state index is 14.6. The third-order valence-corrected chi connectivity index (χ3v) is 7.67. The maximum atomic E-state index is 14.6. The van der Waals surface area contributed by atoms with Crippen LogP contribution in [0, 0.1) is 11.2 Å². The van der Waals surface area contributed by atoms with Crippen LogP contribution in [0.5, 0.6) is 0 Å². The Morgan fingerprint density at radius 2 is 1.82 bits per heavy atom. The van der Waals surface area contributed by atoms with Gasteiger partial charge in [-0.2, -0.15) is 5.10 Å². The van der Waals surface area contributed by atoms with E-state index < -0.39 is 15.8 Å². The van der Waals surface area contributed by atoms with Gasteiger partial charge in [0.25, 0.3) is 0 Å². The topological polar surface area (TPSA) is 158 Å². The highest BCUT2D eigenvalue weighted by atomic mass is 32.2. The average Bonchev–Trinajstić information content (AvgIpc) is 3.58. The summed E-state index contributed by atoms with van der Waals surface area (Å²) in [4.78, 5) is 29.5. The van der Waals surface area contributed by atoms with Crippen molar-refractivity contribution in [1.29, 1.82) is 0 Å². The molecule has 0 unspecified atom stereocenters. The molecule has 0 bridgehead atoms. The molecule has 230 valence electrons. The number of amides is 1. The number of H-pyrrole nitrogens is 2. The number of sulfonamides is 1. The van der Waals surface area contributed by atoms with Gasteiger partial charge in [0, 0.05) is 35.7 Å². The first-order valence-corrected chi connectivity index (χ1v) is 16.0. The third-order valence-electron chi connectivity index (χ3n) is 7.00. The second-order valence-electron chi connectivity index (χ2n) is 12.2. The van der Waals surface area contributed by atoms with Crippen molar-refractivity contribution in [3.63, 3.8) is 0 Å². The number of nitrogens with one attached hydrogen (secondary N) is 4. The van der Waals surface area contributed by atoms with Crippen LogP contribution in [0.4, 0.5) is 10.1 Å². The van der Waals surface area contributed by atoms with Gasteiger partial charge in [0.2, 0.25) is 15.9 Å². The first-order chi connectivity index (χ1) is 21.3. The number of aromatic nitrogens is 6. The van der Waals surface area contributed by atoms with Crippen LogP contribution in [0.25, 0.3) is 55.8 Å². The number of halogens is 1. The van der Waals surface area contributed by atoms with Crippen LogP contribution >= 0.6 is 0 Å². The van der Waals surface area contributed by atoms with E-state index in [1.807, 2.05) is 51.1 Å². The lowest BCUT2D eigenvalue weighted by atomic mass is 9.92. The Kier molecular flexibility index (Phi) is 7.67. The van der Waals surface area contributed by atoms with Crippen molar-refractivity contribution in [2.24, 2.45) is 5.41 Å². The minimum Gasteiger partial charge on any atom is -0.337 e. The SMILES string of the molecule is CC(C)(C)CC(=O)Nc1cncc(-c2cc3c(-c4nc5c(-c6cc(F)cc(CNS(C)(=O)=O)c6)cccc5[nH]4)n[nH]c3cn2)c1. The van der Waals surface area contributed by atoms with E-state index in [4.69, 9.17) is 4.98 Å². The number of para-hydroxylation sites is 1. The molecule has 4 aromatic heterocycles. The van der Waals surface area contributed by atoms with E-state index >= 15 is 0 Å². The molecular weight excluding hydrogens is 595 g/mol. The fourth-order valence-electron chi connectivity index (χ4n) is 5.09. The first-order valence-electron chi connectivity index (χ1n) is 14.1. The van der Waals surface area contributed by atoms with E-state index in [0.717, 1.165) is 22.7 Å². The minimum absolute atomic E-state index is 0.0390. The number of anilines is 1. The quantitative estimate of drug-likeness (QED) is 0.166. The van der Waals surface area contributed by atoms with Gasteiger partial charge in [-0.15, -0.1) is 0 Å². The smallest absolute Gasteiger partial charge is 0.224 e. The second-order valence-corrected chi connectivity index (χ2v) is 14.0. The zero-order valence-electron chi connectivity index (χ0n) is 25.1. The molecule has 0 saturated carbocycles. The second kappa shape index (κ2) is 11.5. The average molecular weight is 627 g/mol. The highest BCUT2D eigenvalue weighted by Gasteiger charge is 2.19. The van der Waals surface area contributed by atoms with Crippen molar-refractivity contribution in [2.75, 3.05) is 11.6 Å². The Hall–Kier alpha value is -5.01. The van der Waals surface area contributed by atoms with Crippen LogP contribution in [-0.2, 0) is 21.4 Å². The largest absolute Gasteiger partial charge is 0.337 e. The van der Waals surface area contributed by atoms with Crippen molar-refractivity contribution in [3.05, 3.63) is 78.5 Å². The van der Waals surface area contributed by atoms with Gasteiger partial charge in [0.05, 0.1) is 46.6 Å². The van der Waals surface area contributed by atoms with Crippen molar-refractivity contribution in [2.45, 2.75) is 33.7 Å². The van der Waals surface area contributed by atoms with E-state index in [0.29, 0.717) is 57.0 Å². The number of carbonyl (C=O) groups excluding carboxylic acids is 1. The van der Waals surface area contributed by atoms with Gasteiger partial charge < -0.3 is 10.3 Å². The summed E-state index contributed by atoms with van der Waals surface area (Å²) in [7, 11) is -3.45. The normalized spacial score (nSPS) is 12.2. The molecule has 6 rings (SSSR count). The summed E-state index contributed by atoms with van der Waals surface area (Å²) in [5.74, 6) is -0.0833. The molecule has 4 N–H and O–H groups in total. The van der Waals surface area contributed by atoms with Crippen LogP contribution < -0.4 is 10.0 Å². The fraction of sp³-hybridized carbons (Fsp3) is 0.219. The summed E-state index contributed by atoms with van der Waals surface area (Å²) in [5, 5.41) is 11.2. The van der Waals surface area contributed by atoms with Gasteiger partial charge in [-0.25, -0.2) is 22.5 Å². The van der Waals surface area contributed by atoms with E-state index in [2.05, 4.69) is 35.2 Å². The van der Waals surface area contributed by atoms with Crippen LogP contribution in [0.3, 0.4) is 0 Å². The van der Waals surface area contributed by atoms with E-state index in [1.54, 1.807) is 24.7 Å². The molecule has 6 aromatic rings. The van der Waals surface area contributed by atoms with Gasteiger partial charge in [0.1, 0.15) is 11.5 Å². The monoisotopic (exact) mass is 626 g/mol. The molecule has 0 aliphatic carbocycles. The third kappa shape index (κ3) is 6.89. The molecular formula is C32H31FN8O3S. The summed E-state index contributed by atoms with van der Waals surface area (Å²) < 4.78 is 40.2. The molecule has 0 saturated heterocycles. The summed E-state index contributed by atoms with van der Waals surface area (Å²) in [6, 6.07) is 13.7. The lowest BCUT2D eigenvalue weighted by molar-refractivity contribution is -0.117. The molecule has 0 atom stereocenters. The summed E-state index contributed by atoms with van der Waals surface area (Å²) in [5.41, 5.74) is 6.09. The van der Waals surface area contributed by atoms with E-state index in [-0.39, 0.29) is 17.9 Å². The Bertz CT molecular complexity index is 2180. The van der Waals surface area contributed by atoms with Crippen LogP contribution in [0.15, 0.2) is 67.1 Å². The molecule has 0 radical (unpaired) electrons. The summed E-state index contributed by atoms with van der Waals surface area (Å²) in [6.45, 7) is 5.98. The number of benzene rings is 2. The van der Waals surface area contributed by atoms with Crippen LogP contribution in [0.1, 0.15) is 32.8 Å². The number of carbonyl (C=O) groups is 1. The van der Waals surface area contributed by atoms with Crippen molar-refractivity contribution >= 4 is 43.6 Å². The van der Waals surface area contributed by atoms with Crippen molar-refractivity contribution in [3.8, 4) is 33.9 Å². The van der Waals surface area contributed by atoms with Gasteiger partial charge >= 0.3 is 0 Å². The van der Waals surface area contributed by atoms with Crippen molar-refractivity contribution < 1.29 is 17.6 Å². The molecule has 45 heavy (non-hydrogen) atoms. The molecule has 0 spiro atoms. The molecule has 4 heterocycles. The predicted octanol–water partition coefficient (Wildman–Crippen LogP) is 5.79. The minimum atomic E-state index is -3.45. The van der Waals surface area contributed by atoms with Gasteiger partial charge in [-0.05, 0) is 52.9 Å². The number of nitrogens with zero attached hydrogens (tertiary/aromatic N) is 4. The Labute approximate surface area is 258 Å². The zero-order valence-corrected chi connectivity index (χ0v) is 25.9. The number of pyridine rings is 2. The fourth-order valence-corrected chi connectivity index (χ4v) is 5.52. The molecule has 1 amide bonds. The molecule has 11 nitrogen and oxygen atoms in total. The van der Waals surface area contributed by atoms with Gasteiger partial charge in [-0.1, -0.05) is 32.9 Å². The number of fused-ring (bicyclic) bond motifs is 2. The molecule has 0 aliphatic rings. The first kappa shape index (κ1) is 30.0. The Morgan fingerprint density at radius 3 is 2.60 bits per heavy atom. The highest BCUT2D eigenvalue weighted by molar-refractivity contribution is 7.88. The van der Waals surface area contributed by atoms with Crippen LogP contribution in [0.2, 0.25) is 0 Å². The van der Waals surface area contributed by atoms with E-state index in [9.17, 15) is 17.6 Å². The standard InChI is InChI=1S/C32H31FN8O3S/c1-32(2,3)13-28(42)37-22-11-20(15-34-16-22)26-12-24-27(17-35-26)40-41-30(24)31-38-25-7-5-6-23(29(25)39-31)19-8-18(9-21(33)10-19)14-36-45(4,43)44/h5-12,15-17,36H,13-14H2,1-4H3,(H,37,42)(H,38,39)(H,40,41). The lowest BCUT2D eigenvalue weighted by Crippen LogP contribution is -2.21. The number of aromatic amines is 2. The number of hydrogen-bond acceptors (Lipinski definition) is 7. The van der Waals surface area contributed by atoms with E-state index in [1.165, 1.54) is 12.1 Å². The molecule has 13 heteroatoms. The Morgan fingerprint density at radius 1 is 1.00 bits per heavy atom. The molecule has 0 aliphatic heterocycles. The van der Waals surface area contributed by atoms with Gasteiger partial charge in [0.15, 0.2) is 5.82 Å². The van der Waals surface area contributed by atoms with Gasteiger partial charge in [-0.3, -0.25) is 19.9 Å². The van der Waals surface area contributed by atoms with Crippen molar-refractivity contribution in [1.82, 2.24) is 34.9 Å². The molecule has 2 aromatic carbocycles. The summed E-state index contributed by atoms with van der Waals surface area (Å²) in [6.07, 6.45) is 6.39. The summed E-state index contributed by atoms with van der Waals surface area (Å²) >= 11 is 0.